The number of carbonyl (C=O) groups excluding carboxylic acids is 2. The Balaban J connectivity index is 1.80. The maximum atomic E-state index is 13.0. The van der Waals surface area contributed by atoms with Gasteiger partial charge in [0, 0.05) is 44.2 Å². The lowest BCUT2D eigenvalue weighted by Crippen LogP contribution is -2.55. The largest absolute Gasteiger partial charge is 0.345 e. The molecule has 6 heteroatoms. The first kappa shape index (κ1) is 17.7. The van der Waals surface area contributed by atoms with Crippen LogP contribution in [0, 0.1) is 11.8 Å². The quantitative estimate of drug-likeness (QED) is 0.895. The van der Waals surface area contributed by atoms with Crippen LogP contribution in [0.5, 0.6) is 0 Å². The van der Waals surface area contributed by atoms with Gasteiger partial charge in [-0.2, -0.15) is 0 Å². The highest BCUT2D eigenvalue weighted by molar-refractivity contribution is 5.87. The van der Waals surface area contributed by atoms with E-state index in [2.05, 4.69) is 19.2 Å². The molecule has 0 spiro atoms. The highest BCUT2D eigenvalue weighted by Crippen LogP contribution is 2.35. The molecule has 136 valence electrons. The first-order valence-corrected chi connectivity index (χ1v) is 9.10. The summed E-state index contributed by atoms with van der Waals surface area (Å²) in [4.78, 5) is 38.5. The third-order valence-electron chi connectivity index (χ3n) is 5.17. The predicted molar refractivity (Wildman–Crippen MR) is 95.2 cm³/mol. The van der Waals surface area contributed by atoms with E-state index >= 15 is 0 Å². The van der Waals surface area contributed by atoms with Gasteiger partial charge < -0.3 is 14.8 Å². The molecular formula is C19H27N3O3. The van der Waals surface area contributed by atoms with Gasteiger partial charge in [0.1, 0.15) is 6.04 Å². The lowest BCUT2D eigenvalue weighted by atomic mass is 9.82. The second kappa shape index (κ2) is 7.02. The number of hydrogen-bond donors (Lipinski definition) is 1. The zero-order chi connectivity index (χ0) is 18.1. The van der Waals surface area contributed by atoms with E-state index in [0.29, 0.717) is 37.9 Å². The molecular weight excluding hydrogens is 318 g/mol. The third kappa shape index (κ3) is 3.78. The summed E-state index contributed by atoms with van der Waals surface area (Å²) in [5, 5.41) is 2.82. The number of pyridine rings is 1. The van der Waals surface area contributed by atoms with Crippen molar-refractivity contribution in [3.8, 4) is 0 Å². The number of nitrogens with zero attached hydrogens (tertiary/aromatic N) is 2. The zero-order valence-electron chi connectivity index (χ0n) is 15.2. The lowest BCUT2D eigenvalue weighted by molar-refractivity contribution is -0.139. The molecule has 3 heterocycles. The first-order chi connectivity index (χ1) is 11.8. The van der Waals surface area contributed by atoms with Crippen LogP contribution >= 0.6 is 0 Å². The van der Waals surface area contributed by atoms with Gasteiger partial charge in [-0.15, -0.1) is 0 Å². The standard InChI is InChI=1S/C19H27N3O3/c1-12(2)7-16(20-13(3)23)19(25)21-9-14-8-15(11-21)17-5-4-6-18(24)22(17)10-14/h4-6,12,14-16H,7-11H2,1-3H3,(H,20,23)/t14-,15+,16-/m0/s1. The zero-order valence-corrected chi connectivity index (χ0v) is 15.2. The smallest absolute Gasteiger partial charge is 0.250 e. The fraction of sp³-hybridized carbons (Fsp3) is 0.632. The summed E-state index contributed by atoms with van der Waals surface area (Å²) in [5.74, 6) is 0.650. The fourth-order valence-corrected chi connectivity index (χ4v) is 4.24. The topological polar surface area (TPSA) is 71.4 Å². The molecule has 2 aliphatic heterocycles. The number of carbonyl (C=O) groups is 2. The highest BCUT2D eigenvalue weighted by atomic mass is 16.2. The van der Waals surface area contributed by atoms with Crippen molar-refractivity contribution in [3.63, 3.8) is 0 Å². The van der Waals surface area contributed by atoms with Gasteiger partial charge in [0.05, 0.1) is 0 Å². The van der Waals surface area contributed by atoms with Crippen molar-refractivity contribution in [2.45, 2.75) is 52.1 Å². The maximum Gasteiger partial charge on any atom is 0.250 e. The van der Waals surface area contributed by atoms with Crippen molar-refractivity contribution in [2.24, 2.45) is 11.8 Å². The fourth-order valence-electron chi connectivity index (χ4n) is 4.24. The van der Waals surface area contributed by atoms with Crippen LogP contribution in [0.1, 0.15) is 45.2 Å². The maximum absolute atomic E-state index is 13.0. The number of fused-ring (bicyclic) bond motifs is 4. The van der Waals surface area contributed by atoms with Crippen LogP contribution in [-0.2, 0) is 16.1 Å². The summed E-state index contributed by atoms with van der Waals surface area (Å²) < 4.78 is 1.86. The van der Waals surface area contributed by atoms with Gasteiger partial charge in [-0.1, -0.05) is 19.9 Å². The van der Waals surface area contributed by atoms with Gasteiger partial charge >= 0.3 is 0 Å². The van der Waals surface area contributed by atoms with Crippen LogP contribution in [0.25, 0.3) is 0 Å². The molecule has 2 aliphatic rings. The number of hydrogen-bond acceptors (Lipinski definition) is 3. The molecule has 0 saturated carbocycles. The summed E-state index contributed by atoms with van der Waals surface area (Å²) in [7, 11) is 0. The molecule has 3 atom stereocenters. The van der Waals surface area contributed by atoms with E-state index in [9.17, 15) is 14.4 Å². The predicted octanol–water partition coefficient (Wildman–Crippen LogP) is 1.34. The van der Waals surface area contributed by atoms with Gasteiger partial charge in [-0.25, -0.2) is 0 Å². The Morgan fingerprint density at radius 3 is 2.68 bits per heavy atom. The van der Waals surface area contributed by atoms with Crippen molar-refractivity contribution >= 4 is 11.8 Å². The molecule has 0 aromatic carbocycles. The summed E-state index contributed by atoms with van der Waals surface area (Å²) >= 11 is 0. The van der Waals surface area contributed by atoms with Crippen molar-refractivity contribution in [1.29, 1.82) is 0 Å². The van der Waals surface area contributed by atoms with E-state index < -0.39 is 6.04 Å². The third-order valence-corrected chi connectivity index (χ3v) is 5.17. The van der Waals surface area contributed by atoms with E-state index in [1.165, 1.54) is 6.92 Å². The number of aromatic nitrogens is 1. The monoisotopic (exact) mass is 345 g/mol. The molecule has 2 amide bonds. The van der Waals surface area contributed by atoms with Crippen LogP contribution in [-0.4, -0.2) is 40.4 Å². The SMILES string of the molecule is CC(=O)N[C@@H](CC(C)C)C(=O)N1C[C@@H]2C[C@H](C1)c1cccc(=O)n1C2. The summed E-state index contributed by atoms with van der Waals surface area (Å²) in [6, 6.07) is 4.93. The number of amides is 2. The summed E-state index contributed by atoms with van der Waals surface area (Å²) in [6.07, 6.45) is 1.66. The molecule has 0 unspecified atom stereocenters. The Hall–Kier alpha value is -2.11. The van der Waals surface area contributed by atoms with Crippen LogP contribution in [0.2, 0.25) is 0 Å². The highest BCUT2D eigenvalue weighted by Gasteiger charge is 2.38. The number of piperidine rings is 1. The average molecular weight is 345 g/mol. The van der Waals surface area contributed by atoms with Crippen LogP contribution in [0.4, 0.5) is 0 Å². The normalized spacial score (nSPS) is 23.1. The number of rotatable bonds is 4. The molecule has 0 radical (unpaired) electrons. The van der Waals surface area contributed by atoms with E-state index in [1.54, 1.807) is 12.1 Å². The number of likely N-dealkylation sites (tertiary alicyclic amines) is 1. The van der Waals surface area contributed by atoms with Gasteiger partial charge in [-0.05, 0) is 30.7 Å². The van der Waals surface area contributed by atoms with Gasteiger partial charge in [0.2, 0.25) is 11.8 Å². The van der Waals surface area contributed by atoms with E-state index in [-0.39, 0.29) is 23.3 Å². The Morgan fingerprint density at radius 1 is 1.24 bits per heavy atom. The van der Waals surface area contributed by atoms with E-state index in [4.69, 9.17) is 0 Å². The summed E-state index contributed by atoms with van der Waals surface area (Å²) in [5.41, 5.74) is 1.07. The molecule has 1 aromatic rings. The van der Waals surface area contributed by atoms with Crippen molar-refractivity contribution < 1.29 is 9.59 Å². The first-order valence-electron chi connectivity index (χ1n) is 9.10. The minimum Gasteiger partial charge on any atom is -0.345 e. The van der Waals surface area contributed by atoms with Gasteiger partial charge in [0.15, 0.2) is 0 Å². The molecule has 6 nitrogen and oxygen atoms in total. The molecule has 1 aromatic heterocycles. The molecule has 25 heavy (non-hydrogen) atoms. The minimum absolute atomic E-state index is 0.00493. The van der Waals surface area contributed by atoms with Crippen molar-refractivity contribution in [2.75, 3.05) is 13.1 Å². The second-order valence-corrected chi connectivity index (χ2v) is 7.82. The second-order valence-electron chi connectivity index (χ2n) is 7.82. The molecule has 1 saturated heterocycles. The lowest BCUT2D eigenvalue weighted by Gasteiger charge is -2.43. The Bertz CT molecular complexity index is 725. The van der Waals surface area contributed by atoms with Gasteiger partial charge in [0.25, 0.3) is 5.56 Å². The Morgan fingerprint density at radius 2 is 2.00 bits per heavy atom. The molecule has 1 N–H and O–H groups in total. The molecule has 2 bridgehead atoms. The average Bonchev–Trinajstić information content (AvgIpc) is 2.53. The van der Waals surface area contributed by atoms with Gasteiger partial charge in [-0.3, -0.25) is 14.4 Å². The minimum atomic E-state index is -0.464. The van der Waals surface area contributed by atoms with E-state index in [1.807, 2.05) is 15.5 Å². The van der Waals surface area contributed by atoms with Crippen molar-refractivity contribution in [1.82, 2.24) is 14.8 Å². The summed E-state index contributed by atoms with van der Waals surface area (Å²) in [6.45, 7) is 7.50. The molecule has 3 rings (SSSR count). The van der Waals surface area contributed by atoms with Crippen LogP contribution in [0.3, 0.4) is 0 Å². The van der Waals surface area contributed by atoms with Crippen LogP contribution in [0.15, 0.2) is 23.0 Å². The molecule has 0 aliphatic carbocycles. The van der Waals surface area contributed by atoms with E-state index in [0.717, 1.165) is 12.1 Å². The van der Waals surface area contributed by atoms with Crippen molar-refractivity contribution in [3.05, 3.63) is 34.2 Å². The molecule has 1 fully saturated rings. The Kier molecular flexibility index (Phi) is 4.97. The van der Waals surface area contributed by atoms with Crippen LogP contribution < -0.4 is 10.9 Å². The Labute approximate surface area is 148 Å². The number of nitrogens with one attached hydrogen (secondary N) is 1.